The molecule has 0 radical (unpaired) electrons. The highest BCUT2D eigenvalue weighted by Gasteiger charge is 2.31. The van der Waals surface area contributed by atoms with Gasteiger partial charge in [-0.15, -0.1) is 0 Å². The Kier molecular flexibility index (Phi) is 5.29. The summed E-state index contributed by atoms with van der Waals surface area (Å²) in [6.07, 6.45) is 5.38. The maximum atomic E-state index is 12.6. The molecule has 1 atom stereocenters. The van der Waals surface area contributed by atoms with Gasteiger partial charge in [0.2, 0.25) is 0 Å². The molecule has 1 aromatic heterocycles. The molecule has 1 aromatic carbocycles. The number of likely N-dealkylation sites (tertiary alicyclic amines) is 1. The molecular formula is C20H27N5O2. The first-order valence-corrected chi connectivity index (χ1v) is 9.66. The molecule has 4 rings (SSSR count). The summed E-state index contributed by atoms with van der Waals surface area (Å²) in [7, 11) is 1.72. The molecule has 1 amide bonds. The number of ether oxygens (including phenoxy) is 1. The van der Waals surface area contributed by atoms with E-state index >= 15 is 0 Å². The van der Waals surface area contributed by atoms with E-state index in [4.69, 9.17) is 4.74 Å². The van der Waals surface area contributed by atoms with Crippen molar-refractivity contribution in [1.29, 1.82) is 0 Å². The lowest BCUT2D eigenvalue weighted by Crippen LogP contribution is -2.56. The van der Waals surface area contributed by atoms with Crippen LogP contribution in [0.5, 0.6) is 5.75 Å². The zero-order valence-corrected chi connectivity index (χ0v) is 15.8. The van der Waals surface area contributed by atoms with Gasteiger partial charge in [0, 0.05) is 45.3 Å². The lowest BCUT2D eigenvalue weighted by atomic mass is 10.0. The van der Waals surface area contributed by atoms with Crippen molar-refractivity contribution in [1.82, 2.24) is 19.8 Å². The van der Waals surface area contributed by atoms with Crippen LogP contribution in [0.4, 0.5) is 5.69 Å². The first-order chi connectivity index (χ1) is 13.3. The molecule has 1 N–H and O–H groups in total. The van der Waals surface area contributed by atoms with Crippen LogP contribution in [-0.2, 0) is 0 Å². The van der Waals surface area contributed by atoms with Crippen LogP contribution < -0.4 is 9.64 Å². The Balaban J connectivity index is 1.36. The van der Waals surface area contributed by atoms with E-state index in [9.17, 15) is 4.79 Å². The van der Waals surface area contributed by atoms with Crippen LogP contribution in [0.25, 0.3) is 0 Å². The van der Waals surface area contributed by atoms with Crippen molar-refractivity contribution in [2.45, 2.75) is 18.9 Å². The van der Waals surface area contributed by atoms with Gasteiger partial charge in [0.15, 0.2) is 0 Å². The van der Waals surface area contributed by atoms with Crippen molar-refractivity contribution in [2.75, 3.05) is 51.3 Å². The van der Waals surface area contributed by atoms with Gasteiger partial charge >= 0.3 is 0 Å². The Morgan fingerprint density at radius 1 is 1.19 bits per heavy atom. The van der Waals surface area contributed by atoms with E-state index in [2.05, 4.69) is 31.9 Å². The van der Waals surface area contributed by atoms with Gasteiger partial charge in [0.25, 0.3) is 5.91 Å². The number of piperidine rings is 1. The van der Waals surface area contributed by atoms with Crippen LogP contribution in [-0.4, -0.2) is 78.1 Å². The maximum Gasteiger partial charge on any atom is 0.271 e. The van der Waals surface area contributed by atoms with Crippen LogP contribution in [0.15, 0.2) is 36.8 Å². The second-order valence-corrected chi connectivity index (χ2v) is 7.21. The normalized spacial score (nSPS) is 21.3. The van der Waals surface area contributed by atoms with E-state index in [-0.39, 0.29) is 5.91 Å². The second-order valence-electron chi connectivity index (χ2n) is 7.21. The quantitative estimate of drug-likeness (QED) is 0.891. The maximum absolute atomic E-state index is 12.6. The molecule has 27 heavy (non-hydrogen) atoms. The van der Waals surface area contributed by atoms with Gasteiger partial charge in [0.1, 0.15) is 11.4 Å². The van der Waals surface area contributed by atoms with Gasteiger partial charge in [-0.05, 0) is 25.0 Å². The lowest BCUT2D eigenvalue weighted by molar-refractivity contribution is 0.0558. The van der Waals surface area contributed by atoms with Crippen molar-refractivity contribution >= 4 is 11.6 Å². The highest BCUT2D eigenvalue weighted by Crippen LogP contribution is 2.29. The van der Waals surface area contributed by atoms with Crippen molar-refractivity contribution in [3.05, 3.63) is 42.5 Å². The fourth-order valence-corrected chi connectivity index (χ4v) is 4.20. The minimum absolute atomic E-state index is 0.0601. The Morgan fingerprint density at radius 2 is 2.00 bits per heavy atom. The number of benzene rings is 1. The zero-order valence-electron chi connectivity index (χ0n) is 15.8. The third-order valence-corrected chi connectivity index (χ3v) is 5.67. The van der Waals surface area contributed by atoms with E-state index in [0.29, 0.717) is 11.7 Å². The summed E-state index contributed by atoms with van der Waals surface area (Å²) in [4.78, 5) is 26.4. The largest absolute Gasteiger partial charge is 0.495 e. The molecule has 0 saturated carbocycles. The van der Waals surface area contributed by atoms with Crippen molar-refractivity contribution in [3.8, 4) is 5.75 Å². The number of anilines is 1. The van der Waals surface area contributed by atoms with E-state index < -0.39 is 0 Å². The molecule has 7 heteroatoms. The average Bonchev–Trinajstić information content (AvgIpc) is 3.28. The number of hydrogen-bond donors (Lipinski definition) is 1. The topological polar surface area (TPSA) is 64.7 Å². The molecule has 0 aliphatic carbocycles. The smallest absolute Gasteiger partial charge is 0.271 e. The summed E-state index contributed by atoms with van der Waals surface area (Å²) in [5.74, 6) is 0.991. The van der Waals surface area contributed by atoms with E-state index in [1.165, 1.54) is 5.69 Å². The number of H-pyrrole nitrogens is 1. The Morgan fingerprint density at radius 3 is 2.74 bits per heavy atom. The predicted molar refractivity (Wildman–Crippen MR) is 104 cm³/mol. The third-order valence-electron chi connectivity index (χ3n) is 5.67. The van der Waals surface area contributed by atoms with Gasteiger partial charge in [-0.2, -0.15) is 0 Å². The molecule has 2 fully saturated rings. The van der Waals surface area contributed by atoms with Crippen molar-refractivity contribution < 1.29 is 9.53 Å². The van der Waals surface area contributed by atoms with Crippen LogP contribution in [0, 0.1) is 0 Å². The fourth-order valence-electron chi connectivity index (χ4n) is 4.20. The van der Waals surface area contributed by atoms with Crippen LogP contribution in [0.2, 0.25) is 0 Å². The van der Waals surface area contributed by atoms with Gasteiger partial charge in [-0.1, -0.05) is 12.1 Å². The van der Waals surface area contributed by atoms with Crippen LogP contribution >= 0.6 is 0 Å². The summed E-state index contributed by atoms with van der Waals surface area (Å²) < 4.78 is 5.51. The number of piperazine rings is 1. The number of amides is 1. The number of hydrogen-bond acceptors (Lipinski definition) is 5. The highest BCUT2D eigenvalue weighted by molar-refractivity contribution is 5.92. The number of aromatic nitrogens is 2. The molecule has 144 valence electrons. The molecule has 0 spiro atoms. The number of nitrogens with zero attached hydrogens (tertiary/aromatic N) is 4. The molecule has 7 nitrogen and oxygen atoms in total. The second kappa shape index (κ2) is 8.00. The number of rotatable bonds is 4. The molecule has 2 saturated heterocycles. The number of methoxy groups -OCH3 is 1. The van der Waals surface area contributed by atoms with Gasteiger partial charge in [-0.25, -0.2) is 4.98 Å². The minimum atomic E-state index is 0.0601. The molecule has 0 bridgehead atoms. The number of carbonyl (C=O) groups excluding carboxylic acids is 1. The molecule has 3 heterocycles. The fraction of sp³-hybridized carbons (Fsp3) is 0.500. The number of aromatic amines is 1. The van der Waals surface area contributed by atoms with Crippen LogP contribution in [0.3, 0.4) is 0 Å². The lowest BCUT2D eigenvalue weighted by Gasteiger charge is -2.44. The number of carbonyl (C=O) groups is 1. The third kappa shape index (κ3) is 3.78. The molecule has 2 aliphatic rings. The number of nitrogens with one attached hydrogen (secondary N) is 1. The SMILES string of the molecule is COc1ccccc1N1CCN([C@H]2CCCN(C(=O)c3cnc[nH]3)C2)CC1. The predicted octanol–water partition coefficient (Wildman–Crippen LogP) is 1.85. The average molecular weight is 369 g/mol. The summed E-state index contributed by atoms with van der Waals surface area (Å²) in [6.45, 7) is 5.60. The first kappa shape index (κ1) is 17.9. The number of imidazole rings is 1. The highest BCUT2D eigenvalue weighted by atomic mass is 16.5. The summed E-state index contributed by atoms with van der Waals surface area (Å²) in [5, 5.41) is 0. The molecule has 0 unspecified atom stereocenters. The monoisotopic (exact) mass is 369 g/mol. The van der Waals surface area contributed by atoms with Gasteiger partial charge in [-0.3, -0.25) is 9.69 Å². The van der Waals surface area contributed by atoms with Gasteiger partial charge in [0.05, 0.1) is 25.3 Å². The van der Waals surface area contributed by atoms with E-state index in [1.54, 1.807) is 19.6 Å². The zero-order chi connectivity index (χ0) is 18.6. The molecule has 2 aliphatic heterocycles. The van der Waals surface area contributed by atoms with E-state index in [1.807, 2.05) is 17.0 Å². The van der Waals surface area contributed by atoms with Crippen LogP contribution in [0.1, 0.15) is 23.3 Å². The van der Waals surface area contributed by atoms with Gasteiger partial charge < -0.3 is 19.5 Å². The standard InChI is InChI=1S/C20H27N5O2/c1-27-19-7-3-2-6-18(19)24-11-9-23(10-12-24)16-5-4-8-25(14-16)20(26)17-13-21-15-22-17/h2-3,6-7,13,15-16H,4-5,8-12,14H2,1H3,(H,21,22)/t16-/m0/s1. The van der Waals surface area contributed by atoms with Crippen molar-refractivity contribution in [3.63, 3.8) is 0 Å². The minimum Gasteiger partial charge on any atom is -0.495 e. The van der Waals surface area contributed by atoms with Crippen molar-refractivity contribution in [2.24, 2.45) is 0 Å². The number of para-hydroxylation sites is 2. The Labute approximate surface area is 159 Å². The first-order valence-electron chi connectivity index (χ1n) is 9.66. The Hall–Kier alpha value is -2.54. The molecule has 2 aromatic rings. The van der Waals surface area contributed by atoms with E-state index in [0.717, 1.165) is 57.9 Å². The summed E-state index contributed by atoms with van der Waals surface area (Å²) >= 11 is 0. The Bertz CT molecular complexity index is 755. The summed E-state index contributed by atoms with van der Waals surface area (Å²) in [5.41, 5.74) is 1.75. The summed E-state index contributed by atoms with van der Waals surface area (Å²) in [6, 6.07) is 8.64. The molecular weight excluding hydrogens is 342 g/mol.